The molecule has 2 rings (SSSR count). The maximum Gasteiger partial charge on any atom is 0.125 e. The van der Waals surface area contributed by atoms with Crippen molar-refractivity contribution >= 4 is 13.0 Å². The average molecular weight is 257 g/mol. The molecule has 0 saturated heterocycles. The van der Waals surface area contributed by atoms with Crippen LogP contribution in [0.15, 0.2) is 12.4 Å². The van der Waals surface area contributed by atoms with Crippen molar-refractivity contribution in [3.05, 3.63) is 12.4 Å². The number of aryl methyl sites for hydroxylation is 2. The Morgan fingerprint density at radius 1 is 1.32 bits per heavy atom. The largest absolute Gasteiger partial charge is 0.280 e. The van der Waals surface area contributed by atoms with Crippen LogP contribution in [0.5, 0.6) is 0 Å². The van der Waals surface area contributed by atoms with E-state index < -0.39 is 0 Å². The van der Waals surface area contributed by atoms with Gasteiger partial charge in [0.05, 0.1) is 14.1 Å². The summed E-state index contributed by atoms with van der Waals surface area (Å²) in [6, 6.07) is 2.53. The van der Waals surface area contributed by atoms with Crippen LogP contribution in [-0.4, -0.2) is 11.8 Å². The smallest absolute Gasteiger partial charge is 0.125 e. The van der Waals surface area contributed by atoms with Crippen LogP contribution in [0.4, 0.5) is 0 Å². The predicted molar refractivity (Wildman–Crippen MR) is 77.1 cm³/mol. The van der Waals surface area contributed by atoms with Crippen LogP contribution in [0.25, 0.3) is 0 Å². The molecule has 0 bridgehead atoms. The molecule has 1 aliphatic carbocycles. The second-order valence-corrected chi connectivity index (χ2v) is 5.80. The number of imidazole rings is 1. The topological polar surface area (TPSA) is 32.6 Å². The first-order chi connectivity index (χ1) is 9.22. The van der Waals surface area contributed by atoms with Gasteiger partial charge in [0.25, 0.3) is 0 Å². The quantitative estimate of drug-likeness (QED) is 0.600. The molecule has 0 amide bonds. The van der Waals surface area contributed by atoms with Gasteiger partial charge in [-0.05, 0) is 0 Å². The predicted octanol–water partition coefficient (Wildman–Crippen LogP) is 1.85. The summed E-state index contributed by atoms with van der Waals surface area (Å²) < 4.78 is 4.18. The summed E-state index contributed by atoms with van der Waals surface area (Å²) in [7, 11) is 6.24. The number of hydrogen-bond acceptors (Lipinski definition) is 1. The summed E-state index contributed by atoms with van der Waals surface area (Å²) in [4.78, 5) is 0. The van der Waals surface area contributed by atoms with Gasteiger partial charge in [-0.15, -0.1) is 5.82 Å². The maximum absolute atomic E-state index is 9.52. The maximum atomic E-state index is 9.52. The SMILES string of the molecule is Cn1cc[n+](C)c1[B-]C(C#N)C1CCCCCCC1. The Bertz CT molecular complexity index is 419. The first kappa shape index (κ1) is 14.2. The highest BCUT2D eigenvalue weighted by molar-refractivity contribution is 6.53. The molecular formula is C15H24BN3. The molecule has 1 saturated carbocycles. The third-order valence-electron chi connectivity index (χ3n) is 4.37. The summed E-state index contributed by atoms with van der Waals surface area (Å²) in [6.45, 7) is 0. The summed E-state index contributed by atoms with van der Waals surface area (Å²) in [5.74, 6) is 0.595. The van der Waals surface area contributed by atoms with E-state index >= 15 is 0 Å². The van der Waals surface area contributed by atoms with Crippen LogP contribution < -0.4 is 10.3 Å². The fraction of sp³-hybridized carbons (Fsp3) is 0.733. The third-order valence-corrected chi connectivity index (χ3v) is 4.37. The zero-order valence-electron chi connectivity index (χ0n) is 12.2. The molecule has 4 heteroatoms. The van der Waals surface area contributed by atoms with Gasteiger partial charge < -0.3 is 0 Å². The lowest BCUT2D eigenvalue weighted by molar-refractivity contribution is -0.653. The van der Waals surface area contributed by atoms with Crippen LogP contribution in [-0.2, 0) is 14.1 Å². The Morgan fingerprint density at radius 3 is 2.47 bits per heavy atom. The minimum atomic E-state index is 0.0536. The first-order valence-electron chi connectivity index (χ1n) is 7.48. The van der Waals surface area contributed by atoms with E-state index in [2.05, 4.69) is 22.5 Å². The van der Waals surface area contributed by atoms with Gasteiger partial charge in [0.1, 0.15) is 12.4 Å². The van der Waals surface area contributed by atoms with Gasteiger partial charge in [0.15, 0.2) is 0 Å². The Labute approximate surface area is 117 Å². The fourth-order valence-electron chi connectivity index (χ4n) is 3.12. The van der Waals surface area contributed by atoms with Crippen LogP contribution in [0.3, 0.4) is 0 Å². The van der Waals surface area contributed by atoms with E-state index in [0.29, 0.717) is 5.92 Å². The van der Waals surface area contributed by atoms with Gasteiger partial charge >= 0.3 is 0 Å². The molecule has 1 atom stereocenters. The molecule has 1 unspecified atom stereocenters. The van der Waals surface area contributed by atoms with Crippen molar-refractivity contribution in [2.45, 2.75) is 50.8 Å². The van der Waals surface area contributed by atoms with Gasteiger partial charge in [0.2, 0.25) is 0 Å². The first-order valence-corrected chi connectivity index (χ1v) is 7.48. The Kier molecular flexibility index (Phi) is 5.07. The normalized spacial score (nSPS) is 19.4. The second-order valence-electron chi connectivity index (χ2n) is 5.80. The summed E-state index contributed by atoms with van der Waals surface area (Å²) in [5, 5.41) is 9.52. The summed E-state index contributed by atoms with van der Waals surface area (Å²) >= 11 is 0. The molecule has 1 aromatic heterocycles. The Balaban J connectivity index is 2.05. The molecule has 2 radical (unpaired) electrons. The standard InChI is InChI=1S/C15H24BN3/c1-18-10-11-19(2)15(18)16-14(12-17)13-8-6-4-3-5-7-9-13/h10-11,13-14H,3-9H2,1-2H3. The lowest BCUT2D eigenvalue weighted by Crippen LogP contribution is -2.51. The van der Waals surface area contributed by atoms with E-state index in [1.807, 2.05) is 26.5 Å². The molecule has 0 N–H and O–H groups in total. The van der Waals surface area contributed by atoms with E-state index in [0.717, 1.165) is 5.72 Å². The fourth-order valence-corrected chi connectivity index (χ4v) is 3.12. The van der Waals surface area contributed by atoms with E-state index in [4.69, 9.17) is 0 Å². The monoisotopic (exact) mass is 257 g/mol. The van der Waals surface area contributed by atoms with E-state index in [1.54, 1.807) is 0 Å². The van der Waals surface area contributed by atoms with Crippen molar-refractivity contribution in [1.29, 1.82) is 5.26 Å². The number of aromatic nitrogens is 2. The number of nitriles is 1. The van der Waals surface area contributed by atoms with Gasteiger partial charge in [-0.25, -0.2) is 5.26 Å². The minimum absolute atomic E-state index is 0.0536. The van der Waals surface area contributed by atoms with E-state index in [1.165, 1.54) is 44.9 Å². The van der Waals surface area contributed by atoms with Crippen molar-refractivity contribution in [3.63, 3.8) is 0 Å². The van der Waals surface area contributed by atoms with Gasteiger partial charge in [-0.2, -0.15) is 7.28 Å². The highest BCUT2D eigenvalue weighted by Gasteiger charge is 2.17. The molecule has 1 heterocycles. The van der Waals surface area contributed by atoms with Crippen LogP contribution in [0.1, 0.15) is 44.9 Å². The van der Waals surface area contributed by atoms with Gasteiger partial charge in [-0.3, -0.25) is 9.13 Å². The number of rotatable bonds is 3. The molecule has 1 fully saturated rings. The minimum Gasteiger partial charge on any atom is -0.280 e. The van der Waals surface area contributed by atoms with Crippen LogP contribution >= 0.6 is 0 Å². The summed E-state index contributed by atoms with van der Waals surface area (Å²) in [6.07, 6.45) is 13.1. The molecule has 0 aromatic carbocycles. The Hall–Kier alpha value is -1.24. The third kappa shape index (κ3) is 3.62. The zero-order valence-corrected chi connectivity index (χ0v) is 12.2. The van der Waals surface area contributed by atoms with Gasteiger partial charge in [0, 0.05) is 11.8 Å². The summed E-state index contributed by atoms with van der Waals surface area (Å²) in [5.41, 5.74) is 1.13. The second kappa shape index (κ2) is 6.79. The zero-order chi connectivity index (χ0) is 13.7. The molecule has 19 heavy (non-hydrogen) atoms. The molecule has 3 nitrogen and oxygen atoms in total. The van der Waals surface area contributed by atoms with Crippen molar-refractivity contribution in [2.24, 2.45) is 20.0 Å². The highest BCUT2D eigenvalue weighted by Crippen LogP contribution is 2.30. The Morgan fingerprint density at radius 2 is 1.95 bits per heavy atom. The number of nitrogens with zero attached hydrogens (tertiary/aromatic N) is 3. The molecule has 0 spiro atoms. The molecule has 0 aliphatic heterocycles. The van der Waals surface area contributed by atoms with Crippen LogP contribution in [0.2, 0.25) is 5.82 Å². The molecular weight excluding hydrogens is 233 g/mol. The molecule has 1 aromatic rings. The van der Waals surface area contributed by atoms with Crippen molar-refractivity contribution in [3.8, 4) is 6.07 Å². The van der Waals surface area contributed by atoms with E-state index in [9.17, 15) is 5.26 Å². The van der Waals surface area contributed by atoms with Crippen LogP contribution in [0, 0.1) is 17.2 Å². The highest BCUT2D eigenvalue weighted by atomic mass is 15.1. The van der Waals surface area contributed by atoms with Crippen molar-refractivity contribution < 1.29 is 4.57 Å². The molecule has 1 aliphatic rings. The van der Waals surface area contributed by atoms with Crippen molar-refractivity contribution in [1.82, 2.24) is 4.57 Å². The average Bonchev–Trinajstić information content (AvgIpc) is 2.67. The van der Waals surface area contributed by atoms with Gasteiger partial charge in [-0.1, -0.05) is 50.9 Å². The molecule has 102 valence electrons. The number of hydrogen-bond donors (Lipinski definition) is 0. The van der Waals surface area contributed by atoms with E-state index in [-0.39, 0.29) is 5.82 Å². The van der Waals surface area contributed by atoms with Crippen molar-refractivity contribution in [2.75, 3.05) is 0 Å². The lowest BCUT2D eigenvalue weighted by atomic mass is 9.57. The lowest BCUT2D eigenvalue weighted by Gasteiger charge is -2.31.